The van der Waals surface area contributed by atoms with Crippen molar-refractivity contribution in [2.24, 2.45) is 12.0 Å². The highest BCUT2D eigenvalue weighted by molar-refractivity contribution is 14.0. The molecule has 0 amide bonds. The average molecular weight is 452 g/mol. The molecule has 1 aromatic carbocycles. The van der Waals surface area contributed by atoms with E-state index in [0.717, 1.165) is 17.8 Å². The second kappa shape index (κ2) is 9.71. The van der Waals surface area contributed by atoms with E-state index < -0.39 is 5.82 Å². The molecular weight excluding hydrogens is 432 g/mol. The number of benzene rings is 1. The zero-order valence-corrected chi connectivity index (χ0v) is 16.1. The standard InChI is InChI=1S/C15H19ClFN5.HI/c1-3-18-15(20-10-12-6-7-21-22(12)2)19-9-11-4-5-14(17)13(16)8-11;/h4-8H,3,9-10H2,1-2H3,(H2,18,19,20);1H. The maximum absolute atomic E-state index is 13.1. The Morgan fingerprint density at radius 3 is 2.74 bits per heavy atom. The van der Waals surface area contributed by atoms with Gasteiger partial charge in [-0.25, -0.2) is 9.38 Å². The van der Waals surface area contributed by atoms with Crippen LogP contribution in [0.15, 0.2) is 35.5 Å². The number of nitrogens with one attached hydrogen (secondary N) is 2. The van der Waals surface area contributed by atoms with Gasteiger partial charge in [0.05, 0.1) is 23.8 Å². The number of guanidine groups is 1. The summed E-state index contributed by atoms with van der Waals surface area (Å²) < 4.78 is 14.9. The van der Waals surface area contributed by atoms with Gasteiger partial charge in [0.25, 0.3) is 0 Å². The third-order valence-corrected chi connectivity index (χ3v) is 3.40. The Bertz CT molecular complexity index is 659. The minimum absolute atomic E-state index is 0. The van der Waals surface area contributed by atoms with E-state index in [9.17, 15) is 4.39 Å². The lowest BCUT2D eigenvalue weighted by Crippen LogP contribution is -2.37. The van der Waals surface area contributed by atoms with Crippen LogP contribution >= 0.6 is 35.6 Å². The average Bonchev–Trinajstić information content (AvgIpc) is 2.91. The summed E-state index contributed by atoms with van der Waals surface area (Å²) in [5.74, 6) is 0.264. The van der Waals surface area contributed by atoms with Crippen molar-refractivity contribution < 1.29 is 4.39 Å². The SMILES string of the molecule is CCNC(=NCc1ccc(F)c(Cl)c1)NCc1ccnn1C.I. The number of halogens is 3. The van der Waals surface area contributed by atoms with Crippen LogP contribution in [0.5, 0.6) is 0 Å². The second-order valence-corrected chi connectivity index (χ2v) is 5.15. The predicted octanol–water partition coefficient (Wildman–Crippen LogP) is 3.09. The van der Waals surface area contributed by atoms with Crippen LogP contribution < -0.4 is 10.6 Å². The van der Waals surface area contributed by atoms with Crippen molar-refractivity contribution in [1.82, 2.24) is 20.4 Å². The van der Waals surface area contributed by atoms with Crippen LogP contribution in [0.2, 0.25) is 5.02 Å². The van der Waals surface area contributed by atoms with Crippen molar-refractivity contribution in [1.29, 1.82) is 0 Å². The number of aromatic nitrogens is 2. The summed E-state index contributed by atoms with van der Waals surface area (Å²) in [6, 6.07) is 6.56. The van der Waals surface area contributed by atoms with E-state index in [1.54, 1.807) is 23.0 Å². The Morgan fingerprint density at radius 1 is 1.35 bits per heavy atom. The van der Waals surface area contributed by atoms with Crippen molar-refractivity contribution in [2.75, 3.05) is 6.54 Å². The van der Waals surface area contributed by atoms with E-state index >= 15 is 0 Å². The van der Waals surface area contributed by atoms with E-state index in [1.807, 2.05) is 20.0 Å². The Balaban J connectivity index is 0.00000264. The maximum Gasteiger partial charge on any atom is 0.191 e. The van der Waals surface area contributed by atoms with Crippen LogP contribution in [0.4, 0.5) is 4.39 Å². The lowest BCUT2D eigenvalue weighted by Gasteiger charge is -2.11. The molecule has 1 aromatic heterocycles. The molecule has 126 valence electrons. The van der Waals surface area contributed by atoms with Gasteiger partial charge < -0.3 is 10.6 Å². The van der Waals surface area contributed by atoms with Gasteiger partial charge in [0.1, 0.15) is 5.82 Å². The minimum Gasteiger partial charge on any atom is -0.357 e. The maximum atomic E-state index is 13.1. The van der Waals surface area contributed by atoms with E-state index in [1.165, 1.54) is 6.07 Å². The first kappa shape index (κ1) is 19.7. The zero-order chi connectivity index (χ0) is 15.9. The molecule has 2 N–H and O–H groups in total. The van der Waals surface area contributed by atoms with Crippen LogP contribution in [-0.4, -0.2) is 22.3 Å². The summed E-state index contributed by atoms with van der Waals surface area (Å²) in [6.45, 7) is 3.78. The van der Waals surface area contributed by atoms with Gasteiger partial charge in [-0.15, -0.1) is 24.0 Å². The zero-order valence-electron chi connectivity index (χ0n) is 13.0. The van der Waals surface area contributed by atoms with Gasteiger partial charge in [0, 0.05) is 19.8 Å². The molecule has 0 bridgehead atoms. The highest BCUT2D eigenvalue weighted by Crippen LogP contribution is 2.16. The number of aryl methyl sites for hydroxylation is 1. The molecule has 0 aliphatic carbocycles. The summed E-state index contributed by atoms with van der Waals surface area (Å²) >= 11 is 5.77. The molecule has 5 nitrogen and oxygen atoms in total. The van der Waals surface area contributed by atoms with Crippen molar-refractivity contribution in [3.63, 3.8) is 0 Å². The van der Waals surface area contributed by atoms with Crippen LogP contribution in [0.25, 0.3) is 0 Å². The van der Waals surface area contributed by atoms with E-state index in [-0.39, 0.29) is 29.0 Å². The van der Waals surface area contributed by atoms with Gasteiger partial charge in [-0.1, -0.05) is 17.7 Å². The fourth-order valence-electron chi connectivity index (χ4n) is 1.90. The monoisotopic (exact) mass is 451 g/mol. The molecule has 0 saturated carbocycles. The number of nitrogens with zero attached hydrogens (tertiary/aromatic N) is 3. The normalized spacial score (nSPS) is 11.0. The molecule has 0 aliphatic rings. The van der Waals surface area contributed by atoms with Gasteiger partial charge in [-0.2, -0.15) is 5.10 Å². The second-order valence-electron chi connectivity index (χ2n) is 4.74. The molecule has 2 rings (SSSR count). The predicted molar refractivity (Wildman–Crippen MR) is 102 cm³/mol. The first-order chi connectivity index (χ1) is 10.6. The molecule has 2 aromatic rings. The van der Waals surface area contributed by atoms with Gasteiger partial charge in [-0.05, 0) is 30.7 Å². The Morgan fingerprint density at radius 2 is 2.13 bits per heavy atom. The van der Waals surface area contributed by atoms with Crippen molar-refractivity contribution in [2.45, 2.75) is 20.0 Å². The van der Waals surface area contributed by atoms with E-state index in [0.29, 0.717) is 19.0 Å². The number of hydrogen-bond acceptors (Lipinski definition) is 2. The molecule has 0 atom stereocenters. The molecule has 0 saturated heterocycles. The smallest absolute Gasteiger partial charge is 0.191 e. The van der Waals surface area contributed by atoms with Crippen molar-refractivity contribution >= 4 is 41.5 Å². The first-order valence-corrected chi connectivity index (χ1v) is 7.41. The summed E-state index contributed by atoms with van der Waals surface area (Å²) in [6.07, 6.45) is 1.75. The van der Waals surface area contributed by atoms with Crippen LogP contribution in [0.1, 0.15) is 18.2 Å². The molecule has 0 radical (unpaired) electrons. The molecule has 1 heterocycles. The Labute approximate surface area is 157 Å². The van der Waals surface area contributed by atoms with Crippen molar-refractivity contribution in [3.05, 3.63) is 52.6 Å². The number of aliphatic imine (C=N–C) groups is 1. The summed E-state index contributed by atoms with van der Waals surface area (Å²) in [5.41, 5.74) is 1.90. The third-order valence-electron chi connectivity index (χ3n) is 3.11. The highest BCUT2D eigenvalue weighted by atomic mass is 127. The largest absolute Gasteiger partial charge is 0.357 e. The molecule has 0 unspecified atom stereocenters. The number of hydrogen-bond donors (Lipinski definition) is 2. The molecular formula is C15H20ClFIN5. The molecule has 0 fully saturated rings. The Kier molecular flexibility index (Phi) is 8.32. The van der Waals surface area contributed by atoms with Gasteiger partial charge in [0.15, 0.2) is 5.96 Å². The van der Waals surface area contributed by atoms with Gasteiger partial charge >= 0.3 is 0 Å². The lowest BCUT2D eigenvalue weighted by molar-refractivity contribution is 0.627. The summed E-state index contributed by atoms with van der Waals surface area (Å²) in [7, 11) is 1.89. The van der Waals surface area contributed by atoms with Crippen LogP contribution in [0.3, 0.4) is 0 Å². The summed E-state index contributed by atoms with van der Waals surface area (Å²) in [4.78, 5) is 4.47. The first-order valence-electron chi connectivity index (χ1n) is 7.03. The van der Waals surface area contributed by atoms with Crippen molar-refractivity contribution in [3.8, 4) is 0 Å². The quantitative estimate of drug-likeness (QED) is 0.417. The third kappa shape index (κ3) is 5.98. The molecule has 0 spiro atoms. The van der Waals surface area contributed by atoms with Gasteiger partial charge in [-0.3, -0.25) is 4.68 Å². The lowest BCUT2D eigenvalue weighted by atomic mass is 10.2. The topological polar surface area (TPSA) is 54.2 Å². The number of rotatable bonds is 5. The minimum atomic E-state index is -0.421. The Hall–Kier alpha value is -1.35. The van der Waals surface area contributed by atoms with E-state index in [4.69, 9.17) is 11.6 Å². The fraction of sp³-hybridized carbons (Fsp3) is 0.333. The van der Waals surface area contributed by atoms with Crippen LogP contribution in [-0.2, 0) is 20.1 Å². The van der Waals surface area contributed by atoms with Gasteiger partial charge in [0.2, 0.25) is 0 Å². The van der Waals surface area contributed by atoms with Crippen LogP contribution in [0, 0.1) is 5.82 Å². The fourth-order valence-corrected chi connectivity index (χ4v) is 2.10. The highest BCUT2D eigenvalue weighted by Gasteiger charge is 2.03. The molecule has 23 heavy (non-hydrogen) atoms. The molecule has 0 aliphatic heterocycles. The molecule has 8 heteroatoms. The van der Waals surface area contributed by atoms with E-state index in [2.05, 4.69) is 20.7 Å². The summed E-state index contributed by atoms with van der Waals surface area (Å²) in [5, 5.41) is 10.6.